The van der Waals surface area contributed by atoms with E-state index in [0.717, 1.165) is 45.1 Å². The van der Waals surface area contributed by atoms with Crippen molar-refractivity contribution in [1.29, 1.82) is 0 Å². The van der Waals surface area contributed by atoms with Gasteiger partial charge in [0.25, 0.3) is 0 Å². The summed E-state index contributed by atoms with van der Waals surface area (Å²) < 4.78 is 0. The number of nitrogens with two attached hydrogens (primary N) is 1. The average molecular weight is 331 g/mol. The Bertz CT molecular complexity index is 527. The lowest BCUT2D eigenvalue weighted by Gasteiger charge is -2.32. The monoisotopic (exact) mass is 331 g/mol. The highest BCUT2D eigenvalue weighted by atomic mass is 16.1. The Hall–Kier alpha value is -1.69. The van der Waals surface area contributed by atoms with E-state index in [4.69, 9.17) is 5.73 Å². The second kappa shape index (κ2) is 8.42. The van der Waals surface area contributed by atoms with Crippen molar-refractivity contribution in [1.82, 2.24) is 14.9 Å². The molecule has 1 amide bonds. The summed E-state index contributed by atoms with van der Waals surface area (Å²) in [5, 5.41) is 0. The molecule has 3 heterocycles. The van der Waals surface area contributed by atoms with Crippen molar-refractivity contribution in [2.24, 2.45) is 11.7 Å². The first-order valence-corrected chi connectivity index (χ1v) is 9.27. The summed E-state index contributed by atoms with van der Waals surface area (Å²) in [4.78, 5) is 24.9. The highest BCUT2D eigenvalue weighted by Crippen LogP contribution is 2.22. The summed E-state index contributed by atoms with van der Waals surface area (Å²) in [5.74, 6) is 1.27. The van der Waals surface area contributed by atoms with Gasteiger partial charge in [0.15, 0.2) is 0 Å². The largest absolute Gasteiger partial charge is 0.370 e. The first-order valence-electron chi connectivity index (χ1n) is 9.27. The molecule has 0 aromatic carbocycles. The van der Waals surface area contributed by atoms with Gasteiger partial charge in [-0.3, -0.25) is 9.69 Å². The minimum absolute atomic E-state index is 0.186. The zero-order chi connectivity index (χ0) is 16.8. The molecule has 1 aromatic rings. The van der Waals surface area contributed by atoms with Crippen LogP contribution >= 0.6 is 0 Å². The van der Waals surface area contributed by atoms with E-state index in [9.17, 15) is 4.79 Å². The quantitative estimate of drug-likeness (QED) is 0.862. The smallest absolute Gasteiger partial charge is 0.225 e. The van der Waals surface area contributed by atoms with Gasteiger partial charge in [-0.05, 0) is 51.0 Å². The number of carbonyl (C=O) groups is 1. The maximum atomic E-state index is 11.0. The predicted molar refractivity (Wildman–Crippen MR) is 94.5 cm³/mol. The van der Waals surface area contributed by atoms with Gasteiger partial charge in [0.1, 0.15) is 0 Å². The van der Waals surface area contributed by atoms with E-state index < -0.39 is 0 Å². The van der Waals surface area contributed by atoms with Gasteiger partial charge in [-0.2, -0.15) is 0 Å². The maximum absolute atomic E-state index is 11.0. The topological polar surface area (TPSA) is 75.4 Å². The molecule has 1 unspecified atom stereocenters. The van der Waals surface area contributed by atoms with Crippen molar-refractivity contribution in [3.63, 3.8) is 0 Å². The molecule has 2 saturated heterocycles. The number of primary amides is 1. The summed E-state index contributed by atoms with van der Waals surface area (Å²) in [6.07, 6.45) is 11.6. The molecular formula is C18H29N5O. The normalized spacial score (nSPS) is 22.5. The van der Waals surface area contributed by atoms with Crippen molar-refractivity contribution < 1.29 is 4.79 Å². The van der Waals surface area contributed by atoms with Crippen LogP contribution in [0.5, 0.6) is 0 Å². The number of anilines is 1. The number of hydrogen-bond donors (Lipinski definition) is 1. The van der Waals surface area contributed by atoms with Crippen LogP contribution in [0, 0.1) is 5.92 Å². The van der Waals surface area contributed by atoms with Crippen LogP contribution in [0.2, 0.25) is 0 Å². The number of nitrogens with zero attached hydrogens (tertiary/aromatic N) is 4. The minimum atomic E-state index is -0.186. The molecule has 24 heavy (non-hydrogen) atoms. The van der Waals surface area contributed by atoms with Gasteiger partial charge in [-0.25, -0.2) is 9.97 Å². The third-order valence-corrected chi connectivity index (χ3v) is 5.14. The predicted octanol–water partition coefficient (Wildman–Crippen LogP) is 1.94. The zero-order valence-electron chi connectivity index (χ0n) is 14.5. The number of carbonyl (C=O) groups excluding carboxylic acids is 1. The van der Waals surface area contributed by atoms with Crippen LogP contribution in [-0.4, -0.2) is 47.0 Å². The molecule has 2 aliphatic rings. The molecule has 0 bridgehead atoms. The summed E-state index contributed by atoms with van der Waals surface area (Å²) >= 11 is 0. The molecule has 1 atom stereocenters. The molecule has 0 spiro atoms. The fraction of sp³-hybridized carbons (Fsp3) is 0.722. The van der Waals surface area contributed by atoms with E-state index in [2.05, 4.69) is 19.8 Å². The Morgan fingerprint density at radius 3 is 2.58 bits per heavy atom. The molecule has 2 aliphatic heterocycles. The lowest BCUT2D eigenvalue weighted by molar-refractivity contribution is -0.118. The first-order chi connectivity index (χ1) is 11.7. The van der Waals surface area contributed by atoms with Gasteiger partial charge < -0.3 is 10.6 Å². The third-order valence-electron chi connectivity index (χ3n) is 5.14. The molecular weight excluding hydrogens is 302 g/mol. The number of rotatable bonds is 6. The number of aromatic nitrogens is 2. The van der Waals surface area contributed by atoms with E-state index in [1.165, 1.54) is 37.7 Å². The van der Waals surface area contributed by atoms with Crippen LogP contribution in [0.15, 0.2) is 12.4 Å². The molecule has 3 rings (SSSR count). The van der Waals surface area contributed by atoms with Crippen LogP contribution in [-0.2, 0) is 11.3 Å². The molecule has 0 saturated carbocycles. The van der Waals surface area contributed by atoms with Gasteiger partial charge in [0, 0.05) is 50.6 Å². The molecule has 0 radical (unpaired) electrons. The standard InChI is InChI=1S/C18H29N5O/c19-17(24)7-6-15-5-4-8-22(13-15)14-16-11-20-18(21-12-16)23-9-2-1-3-10-23/h11-12,15H,1-10,13-14H2,(H2,19,24). The average Bonchev–Trinajstić information content (AvgIpc) is 2.62. The zero-order valence-corrected chi connectivity index (χ0v) is 14.5. The fourth-order valence-corrected chi connectivity index (χ4v) is 3.82. The SMILES string of the molecule is NC(=O)CCC1CCCN(Cc2cnc(N3CCCCC3)nc2)C1. The van der Waals surface area contributed by atoms with Gasteiger partial charge in [-0.1, -0.05) is 0 Å². The lowest BCUT2D eigenvalue weighted by Crippen LogP contribution is -2.35. The molecule has 6 nitrogen and oxygen atoms in total. The first kappa shape index (κ1) is 17.1. The lowest BCUT2D eigenvalue weighted by atomic mass is 9.93. The second-order valence-corrected chi connectivity index (χ2v) is 7.19. The van der Waals surface area contributed by atoms with E-state index >= 15 is 0 Å². The van der Waals surface area contributed by atoms with Crippen molar-refractivity contribution in [3.05, 3.63) is 18.0 Å². The van der Waals surface area contributed by atoms with E-state index in [1.807, 2.05) is 12.4 Å². The van der Waals surface area contributed by atoms with Crippen LogP contribution in [0.1, 0.15) is 50.5 Å². The minimum Gasteiger partial charge on any atom is -0.370 e. The van der Waals surface area contributed by atoms with E-state index in [1.54, 1.807) is 0 Å². The second-order valence-electron chi connectivity index (χ2n) is 7.19. The van der Waals surface area contributed by atoms with E-state index in [0.29, 0.717) is 12.3 Å². The van der Waals surface area contributed by atoms with Crippen molar-refractivity contribution in [2.75, 3.05) is 31.1 Å². The fourth-order valence-electron chi connectivity index (χ4n) is 3.82. The number of likely N-dealkylation sites (tertiary alicyclic amines) is 1. The summed E-state index contributed by atoms with van der Waals surface area (Å²) in [6.45, 7) is 5.20. The Balaban J connectivity index is 1.50. The number of piperidine rings is 2. The van der Waals surface area contributed by atoms with E-state index in [-0.39, 0.29) is 5.91 Å². The van der Waals surface area contributed by atoms with Crippen LogP contribution in [0.4, 0.5) is 5.95 Å². The number of amides is 1. The Morgan fingerprint density at radius 1 is 1.12 bits per heavy atom. The highest BCUT2D eigenvalue weighted by molar-refractivity contribution is 5.73. The molecule has 2 fully saturated rings. The Kier molecular flexibility index (Phi) is 6.01. The highest BCUT2D eigenvalue weighted by Gasteiger charge is 2.21. The molecule has 6 heteroatoms. The summed E-state index contributed by atoms with van der Waals surface area (Å²) in [7, 11) is 0. The van der Waals surface area contributed by atoms with Gasteiger partial charge in [0.05, 0.1) is 0 Å². The van der Waals surface area contributed by atoms with Crippen LogP contribution in [0.3, 0.4) is 0 Å². The Morgan fingerprint density at radius 2 is 1.88 bits per heavy atom. The summed E-state index contributed by atoms with van der Waals surface area (Å²) in [6, 6.07) is 0. The van der Waals surface area contributed by atoms with Gasteiger partial charge in [0.2, 0.25) is 11.9 Å². The third kappa shape index (κ3) is 4.90. The van der Waals surface area contributed by atoms with Crippen LogP contribution in [0.25, 0.3) is 0 Å². The number of hydrogen-bond acceptors (Lipinski definition) is 5. The Labute approximate surface area is 144 Å². The molecule has 2 N–H and O–H groups in total. The van der Waals surface area contributed by atoms with Crippen molar-refractivity contribution >= 4 is 11.9 Å². The molecule has 0 aliphatic carbocycles. The van der Waals surface area contributed by atoms with Gasteiger partial charge >= 0.3 is 0 Å². The molecule has 1 aromatic heterocycles. The summed E-state index contributed by atoms with van der Waals surface area (Å²) in [5.41, 5.74) is 6.44. The molecule has 132 valence electrons. The van der Waals surface area contributed by atoms with Crippen molar-refractivity contribution in [3.8, 4) is 0 Å². The van der Waals surface area contributed by atoms with Crippen molar-refractivity contribution in [2.45, 2.75) is 51.5 Å². The van der Waals surface area contributed by atoms with Gasteiger partial charge in [-0.15, -0.1) is 0 Å². The maximum Gasteiger partial charge on any atom is 0.225 e. The van der Waals surface area contributed by atoms with Crippen LogP contribution < -0.4 is 10.6 Å².